The number of ketones is 1. The van der Waals surface area contributed by atoms with Gasteiger partial charge in [0.25, 0.3) is 10.0 Å². The van der Waals surface area contributed by atoms with Crippen LogP contribution in [0.3, 0.4) is 0 Å². The lowest BCUT2D eigenvalue weighted by molar-refractivity contribution is -0.111. The molecule has 0 saturated heterocycles. The lowest BCUT2D eigenvalue weighted by atomic mass is 9.90. The number of rotatable bonds is 3. The first-order chi connectivity index (χ1) is 10.6. The molecule has 0 heterocycles. The van der Waals surface area contributed by atoms with Crippen LogP contribution in [0.25, 0.3) is 0 Å². The van der Waals surface area contributed by atoms with Crippen molar-refractivity contribution < 1.29 is 13.2 Å². The predicted molar refractivity (Wildman–Crippen MR) is 95.4 cm³/mol. The van der Waals surface area contributed by atoms with Crippen molar-refractivity contribution in [3.8, 4) is 0 Å². The van der Waals surface area contributed by atoms with E-state index in [9.17, 15) is 13.2 Å². The van der Waals surface area contributed by atoms with E-state index in [0.29, 0.717) is 15.6 Å². The Morgan fingerprint density at radius 1 is 1.09 bits per heavy atom. The molecule has 2 rings (SSSR count). The smallest absolute Gasteiger partial charge is 0.282 e. The van der Waals surface area contributed by atoms with Gasteiger partial charge in [-0.15, -0.1) is 0 Å². The first kappa shape index (κ1) is 17.8. The quantitative estimate of drug-likeness (QED) is 0.727. The number of halogens is 1. The van der Waals surface area contributed by atoms with E-state index in [2.05, 4.69) is 20.3 Å². The molecule has 1 aromatic carbocycles. The number of benzene rings is 1. The summed E-state index contributed by atoms with van der Waals surface area (Å²) >= 11 is 3.36. The topological polar surface area (TPSA) is 63.6 Å². The minimum Gasteiger partial charge on any atom is -0.290 e. The largest absolute Gasteiger partial charge is 0.290 e. The summed E-state index contributed by atoms with van der Waals surface area (Å²) in [5.41, 5.74) is 2.32. The SMILES string of the molecule is CC1=CC(=O)C(C(C)C)=C(Br)C1=NS(=O)(=O)c1ccc(C)cc1. The molecule has 23 heavy (non-hydrogen) atoms. The van der Waals surface area contributed by atoms with E-state index in [0.717, 1.165) is 5.56 Å². The molecule has 0 unspecified atom stereocenters. The molecule has 0 fully saturated rings. The molecule has 0 amide bonds. The van der Waals surface area contributed by atoms with Crippen LogP contribution in [-0.2, 0) is 14.8 Å². The minimum atomic E-state index is -3.84. The van der Waals surface area contributed by atoms with Gasteiger partial charge in [-0.2, -0.15) is 12.8 Å². The molecule has 0 aliphatic heterocycles. The lowest BCUT2D eigenvalue weighted by Crippen LogP contribution is -2.20. The molecule has 0 spiro atoms. The standard InChI is InChI=1S/C17H18BrNO3S/c1-10(2)15-14(20)9-12(4)17(16(15)18)19-23(21,22)13-7-5-11(3)6-8-13/h5-10H,1-4H3. The van der Waals surface area contributed by atoms with Crippen LogP contribution in [0.4, 0.5) is 0 Å². The highest BCUT2D eigenvalue weighted by atomic mass is 79.9. The number of sulfonamides is 1. The van der Waals surface area contributed by atoms with Crippen LogP contribution in [0.2, 0.25) is 0 Å². The zero-order chi connectivity index (χ0) is 17.4. The second-order valence-corrected chi connectivity index (χ2v) is 8.20. The highest BCUT2D eigenvalue weighted by Crippen LogP contribution is 2.30. The Morgan fingerprint density at radius 3 is 2.17 bits per heavy atom. The molecule has 0 saturated carbocycles. The van der Waals surface area contributed by atoms with Gasteiger partial charge in [0.05, 0.1) is 15.1 Å². The van der Waals surface area contributed by atoms with Gasteiger partial charge in [-0.1, -0.05) is 31.5 Å². The molecule has 0 N–H and O–H groups in total. The molecule has 6 heteroatoms. The Morgan fingerprint density at radius 2 is 1.65 bits per heavy atom. The molecule has 1 aliphatic rings. The van der Waals surface area contributed by atoms with Crippen LogP contribution in [0.1, 0.15) is 26.3 Å². The average molecular weight is 396 g/mol. The molecule has 0 bridgehead atoms. The molecule has 4 nitrogen and oxygen atoms in total. The Hall–Kier alpha value is -1.53. The van der Waals surface area contributed by atoms with E-state index in [1.165, 1.54) is 18.2 Å². The van der Waals surface area contributed by atoms with Crippen LogP contribution in [-0.4, -0.2) is 19.9 Å². The number of nitrogens with zero attached hydrogens (tertiary/aromatic N) is 1. The van der Waals surface area contributed by atoms with E-state index < -0.39 is 10.0 Å². The van der Waals surface area contributed by atoms with Gasteiger partial charge in [0, 0.05) is 5.57 Å². The minimum absolute atomic E-state index is 0.0338. The van der Waals surface area contributed by atoms with Crippen molar-refractivity contribution in [2.24, 2.45) is 10.3 Å². The van der Waals surface area contributed by atoms with Crippen LogP contribution in [0.5, 0.6) is 0 Å². The fraction of sp³-hybridized carbons (Fsp3) is 0.294. The van der Waals surface area contributed by atoms with Gasteiger partial charge in [0.1, 0.15) is 0 Å². The Balaban J connectivity index is 2.58. The number of aryl methyl sites for hydroxylation is 1. The maximum Gasteiger partial charge on any atom is 0.282 e. The van der Waals surface area contributed by atoms with E-state index in [-0.39, 0.29) is 22.3 Å². The fourth-order valence-corrected chi connectivity index (χ4v) is 4.52. The van der Waals surface area contributed by atoms with Gasteiger partial charge in [0.2, 0.25) is 0 Å². The van der Waals surface area contributed by atoms with Crippen LogP contribution in [0.15, 0.2) is 55.3 Å². The lowest BCUT2D eigenvalue weighted by Gasteiger charge is -2.19. The van der Waals surface area contributed by atoms with Crippen LogP contribution >= 0.6 is 15.9 Å². The van der Waals surface area contributed by atoms with Crippen molar-refractivity contribution in [3.63, 3.8) is 0 Å². The summed E-state index contributed by atoms with van der Waals surface area (Å²) in [5.74, 6) is -0.149. The Kier molecular flexibility index (Phi) is 5.06. The van der Waals surface area contributed by atoms with Gasteiger partial charge < -0.3 is 0 Å². The van der Waals surface area contributed by atoms with Gasteiger partial charge in [-0.25, -0.2) is 0 Å². The maximum absolute atomic E-state index is 12.5. The maximum atomic E-state index is 12.5. The zero-order valence-electron chi connectivity index (χ0n) is 13.4. The second kappa shape index (κ2) is 6.53. The highest BCUT2D eigenvalue weighted by Gasteiger charge is 2.27. The van der Waals surface area contributed by atoms with Crippen LogP contribution < -0.4 is 0 Å². The van der Waals surface area contributed by atoms with Crippen LogP contribution in [0, 0.1) is 12.8 Å². The third kappa shape index (κ3) is 3.70. The Labute approximate surface area is 145 Å². The fourth-order valence-electron chi connectivity index (χ4n) is 2.28. The first-order valence-corrected chi connectivity index (χ1v) is 9.41. The van der Waals surface area contributed by atoms with Gasteiger partial charge in [0.15, 0.2) is 5.78 Å². The Bertz CT molecular complexity index is 844. The summed E-state index contributed by atoms with van der Waals surface area (Å²) in [6.07, 6.45) is 1.43. The van der Waals surface area contributed by atoms with Crippen molar-refractivity contribution in [1.29, 1.82) is 0 Å². The van der Waals surface area contributed by atoms with E-state index in [4.69, 9.17) is 0 Å². The zero-order valence-corrected chi connectivity index (χ0v) is 15.8. The molecule has 0 atom stereocenters. The summed E-state index contributed by atoms with van der Waals surface area (Å²) in [5, 5.41) is 0. The van der Waals surface area contributed by atoms with E-state index in [1.54, 1.807) is 19.1 Å². The molecular weight excluding hydrogens is 378 g/mol. The van der Waals surface area contributed by atoms with Crippen molar-refractivity contribution >= 4 is 37.4 Å². The van der Waals surface area contributed by atoms with E-state index in [1.807, 2.05) is 20.8 Å². The summed E-state index contributed by atoms with van der Waals surface area (Å²) < 4.78 is 29.4. The number of hydrogen-bond acceptors (Lipinski definition) is 3. The van der Waals surface area contributed by atoms with Gasteiger partial charge in [-0.3, -0.25) is 4.79 Å². The molecule has 1 aliphatic carbocycles. The summed E-state index contributed by atoms with van der Waals surface area (Å²) in [7, 11) is -3.84. The number of hydrogen-bond donors (Lipinski definition) is 0. The summed E-state index contributed by atoms with van der Waals surface area (Å²) in [4.78, 5) is 12.2. The number of carbonyl (C=O) groups is 1. The summed E-state index contributed by atoms with van der Waals surface area (Å²) in [6.45, 7) is 7.33. The van der Waals surface area contributed by atoms with Crippen molar-refractivity contribution in [3.05, 3.63) is 51.5 Å². The van der Waals surface area contributed by atoms with Gasteiger partial charge >= 0.3 is 0 Å². The average Bonchev–Trinajstić information content (AvgIpc) is 2.43. The van der Waals surface area contributed by atoms with E-state index >= 15 is 0 Å². The monoisotopic (exact) mass is 395 g/mol. The third-order valence-electron chi connectivity index (χ3n) is 3.54. The van der Waals surface area contributed by atoms with Gasteiger partial charge in [-0.05, 0) is 59.5 Å². The number of carbonyl (C=O) groups excluding carboxylic acids is 1. The molecular formula is C17H18BrNO3S. The van der Waals surface area contributed by atoms with Crippen molar-refractivity contribution in [2.45, 2.75) is 32.6 Å². The first-order valence-electron chi connectivity index (χ1n) is 7.18. The van der Waals surface area contributed by atoms with Crippen molar-refractivity contribution in [1.82, 2.24) is 0 Å². The highest BCUT2D eigenvalue weighted by molar-refractivity contribution is 9.12. The number of allylic oxidation sites excluding steroid dienone is 4. The summed E-state index contributed by atoms with van der Waals surface area (Å²) in [6, 6.07) is 6.51. The normalized spacial score (nSPS) is 17.9. The van der Waals surface area contributed by atoms with Crippen molar-refractivity contribution in [2.75, 3.05) is 0 Å². The molecule has 0 radical (unpaired) electrons. The second-order valence-electron chi connectivity index (χ2n) is 5.80. The molecule has 1 aromatic rings. The third-order valence-corrected chi connectivity index (χ3v) is 5.63. The predicted octanol–water partition coefficient (Wildman–Crippen LogP) is 3.96. The molecule has 122 valence electrons. The molecule has 0 aromatic heterocycles.